The lowest BCUT2D eigenvalue weighted by atomic mass is 9.77. The summed E-state index contributed by atoms with van der Waals surface area (Å²) in [4.78, 5) is 0. The molecular formula is C14H18N2. The highest BCUT2D eigenvalue weighted by Gasteiger charge is 2.25. The van der Waals surface area contributed by atoms with E-state index in [1.54, 1.807) is 0 Å². The highest BCUT2D eigenvalue weighted by atomic mass is 14.9. The van der Waals surface area contributed by atoms with Crippen LogP contribution >= 0.6 is 0 Å². The van der Waals surface area contributed by atoms with Gasteiger partial charge in [0.15, 0.2) is 0 Å². The van der Waals surface area contributed by atoms with Crippen LogP contribution in [0.1, 0.15) is 36.8 Å². The molecule has 0 aliphatic heterocycles. The molecule has 1 aromatic carbocycles. The molecule has 1 aliphatic carbocycles. The van der Waals surface area contributed by atoms with Gasteiger partial charge in [-0.15, -0.1) is 0 Å². The average Bonchev–Trinajstić information content (AvgIpc) is 2.29. The van der Waals surface area contributed by atoms with Crippen molar-refractivity contribution >= 4 is 0 Å². The topological polar surface area (TPSA) is 35.8 Å². The molecule has 0 fully saturated rings. The third-order valence-corrected chi connectivity index (χ3v) is 3.44. The van der Waals surface area contributed by atoms with Crippen molar-refractivity contribution in [3.8, 4) is 6.07 Å². The zero-order valence-corrected chi connectivity index (χ0v) is 9.74. The molecule has 2 rings (SSSR count). The van der Waals surface area contributed by atoms with Gasteiger partial charge in [0.2, 0.25) is 0 Å². The van der Waals surface area contributed by atoms with Crippen LogP contribution in [-0.4, -0.2) is 12.6 Å². The molecule has 0 heterocycles. The quantitative estimate of drug-likeness (QED) is 0.817. The molecule has 16 heavy (non-hydrogen) atoms. The van der Waals surface area contributed by atoms with E-state index in [1.165, 1.54) is 17.5 Å². The predicted octanol–water partition coefficient (Wildman–Crippen LogP) is 2.61. The normalized spacial score (nSPS) is 19.4. The molecule has 0 spiro atoms. The Morgan fingerprint density at radius 2 is 2.31 bits per heavy atom. The molecule has 1 aromatic rings. The Balaban J connectivity index is 1.83. The standard InChI is InChI=1S/C14H18N2/c1-2-13(7-8-15)16-10-12-9-11-5-3-4-6-14(11)12/h3-6,12-13,16H,2,7,9-10H2,1H3. The average molecular weight is 214 g/mol. The lowest BCUT2D eigenvalue weighted by molar-refractivity contribution is 0.454. The van der Waals surface area contributed by atoms with Crippen LogP contribution in [0.3, 0.4) is 0 Å². The van der Waals surface area contributed by atoms with Gasteiger partial charge in [0.05, 0.1) is 12.5 Å². The molecule has 2 unspecified atom stereocenters. The molecule has 0 radical (unpaired) electrons. The Kier molecular flexibility index (Phi) is 3.58. The van der Waals surface area contributed by atoms with Crippen molar-refractivity contribution in [1.29, 1.82) is 5.26 Å². The number of fused-ring (bicyclic) bond motifs is 1. The van der Waals surface area contributed by atoms with Gasteiger partial charge in [0.25, 0.3) is 0 Å². The van der Waals surface area contributed by atoms with Crippen molar-refractivity contribution in [1.82, 2.24) is 5.32 Å². The van der Waals surface area contributed by atoms with E-state index in [9.17, 15) is 0 Å². The van der Waals surface area contributed by atoms with E-state index in [2.05, 4.69) is 42.6 Å². The molecule has 0 amide bonds. The smallest absolute Gasteiger partial charge is 0.0638 e. The largest absolute Gasteiger partial charge is 0.312 e. The fourth-order valence-electron chi connectivity index (χ4n) is 2.32. The number of benzene rings is 1. The van der Waals surface area contributed by atoms with Crippen LogP contribution in [0.2, 0.25) is 0 Å². The molecule has 0 aromatic heterocycles. The lowest BCUT2D eigenvalue weighted by Gasteiger charge is -2.31. The Hall–Kier alpha value is -1.33. The van der Waals surface area contributed by atoms with E-state index in [4.69, 9.17) is 5.26 Å². The summed E-state index contributed by atoms with van der Waals surface area (Å²) < 4.78 is 0. The Morgan fingerprint density at radius 1 is 1.50 bits per heavy atom. The van der Waals surface area contributed by atoms with Gasteiger partial charge in [0.1, 0.15) is 0 Å². The molecule has 84 valence electrons. The van der Waals surface area contributed by atoms with Crippen LogP contribution in [0.25, 0.3) is 0 Å². The second kappa shape index (κ2) is 5.14. The zero-order chi connectivity index (χ0) is 11.4. The molecule has 1 N–H and O–H groups in total. The van der Waals surface area contributed by atoms with Crippen LogP contribution in [0.4, 0.5) is 0 Å². The summed E-state index contributed by atoms with van der Waals surface area (Å²) in [6.45, 7) is 3.14. The van der Waals surface area contributed by atoms with Crippen LogP contribution in [0.15, 0.2) is 24.3 Å². The van der Waals surface area contributed by atoms with Crippen LogP contribution in [0, 0.1) is 11.3 Å². The van der Waals surface area contributed by atoms with Crippen LogP contribution in [-0.2, 0) is 6.42 Å². The first kappa shape index (κ1) is 11.2. The first-order valence-corrected chi connectivity index (χ1v) is 6.03. The Morgan fingerprint density at radius 3 is 3.00 bits per heavy atom. The predicted molar refractivity (Wildman–Crippen MR) is 65.2 cm³/mol. The first-order valence-electron chi connectivity index (χ1n) is 6.03. The van der Waals surface area contributed by atoms with Gasteiger partial charge in [-0.3, -0.25) is 0 Å². The van der Waals surface area contributed by atoms with Gasteiger partial charge < -0.3 is 5.32 Å². The maximum atomic E-state index is 8.67. The van der Waals surface area contributed by atoms with Gasteiger partial charge in [-0.1, -0.05) is 31.2 Å². The highest BCUT2D eigenvalue weighted by molar-refractivity contribution is 5.40. The summed E-state index contributed by atoms with van der Waals surface area (Å²) in [5.74, 6) is 0.656. The molecule has 1 aliphatic rings. The van der Waals surface area contributed by atoms with Crippen molar-refractivity contribution in [2.24, 2.45) is 0 Å². The van der Waals surface area contributed by atoms with Crippen molar-refractivity contribution < 1.29 is 0 Å². The SMILES string of the molecule is CCC(CC#N)NCC1Cc2ccccc21. The number of hydrogen-bond acceptors (Lipinski definition) is 2. The van der Waals surface area contributed by atoms with E-state index in [0.29, 0.717) is 18.4 Å². The summed E-state index contributed by atoms with van der Waals surface area (Å²) in [5, 5.41) is 12.2. The van der Waals surface area contributed by atoms with E-state index in [1.807, 2.05) is 0 Å². The summed E-state index contributed by atoms with van der Waals surface area (Å²) in [7, 11) is 0. The maximum Gasteiger partial charge on any atom is 0.0638 e. The Labute approximate surface area is 97.3 Å². The van der Waals surface area contributed by atoms with Crippen LogP contribution in [0.5, 0.6) is 0 Å². The fraction of sp³-hybridized carbons (Fsp3) is 0.500. The second-order valence-electron chi connectivity index (χ2n) is 4.48. The summed E-state index contributed by atoms with van der Waals surface area (Å²) in [5.41, 5.74) is 2.98. The number of rotatable bonds is 5. The molecule has 2 heteroatoms. The van der Waals surface area contributed by atoms with E-state index < -0.39 is 0 Å². The van der Waals surface area contributed by atoms with Gasteiger partial charge >= 0.3 is 0 Å². The summed E-state index contributed by atoms with van der Waals surface area (Å²) in [6, 6.07) is 11.2. The minimum absolute atomic E-state index is 0.359. The second-order valence-corrected chi connectivity index (χ2v) is 4.48. The first-order chi connectivity index (χ1) is 7.85. The molecule has 0 saturated carbocycles. The number of hydrogen-bond donors (Lipinski definition) is 1. The monoisotopic (exact) mass is 214 g/mol. The third kappa shape index (κ3) is 2.25. The maximum absolute atomic E-state index is 8.67. The molecule has 2 nitrogen and oxygen atoms in total. The van der Waals surface area contributed by atoms with Gasteiger partial charge in [-0.2, -0.15) is 5.26 Å². The molecule has 0 saturated heterocycles. The third-order valence-electron chi connectivity index (χ3n) is 3.44. The summed E-state index contributed by atoms with van der Waals surface area (Å²) in [6.07, 6.45) is 2.83. The van der Waals surface area contributed by atoms with Gasteiger partial charge in [-0.05, 0) is 24.0 Å². The minimum atomic E-state index is 0.359. The fourth-order valence-corrected chi connectivity index (χ4v) is 2.32. The van der Waals surface area contributed by atoms with Crippen molar-refractivity contribution in [3.63, 3.8) is 0 Å². The number of nitrogens with zero attached hydrogens (tertiary/aromatic N) is 1. The molecular weight excluding hydrogens is 196 g/mol. The minimum Gasteiger partial charge on any atom is -0.312 e. The van der Waals surface area contributed by atoms with Crippen molar-refractivity contribution in [2.75, 3.05) is 6.54 Å². The van der Waals surface area contributed by atoms with Gasteiger partial charge in [-0.25, -0.2) is 0 Å². The van der Waals surface area contributed by atoms with Crippen LogP contribution < -0.4 is 5.32 Å². The van der Waals surface area contributed by atoms with E-state index >= 15 is 0 Å². The highest BCUT2D eigenvalue weighted by Crippen LogP contribution is 2.34. The van der Waals surface area contributed by atoms with E-state index in [0.717, 1.165) is 13.0 Å². The van der Waals surface area contributed by atoms with Gasteiger partial charge in [0, 0.05) is 18.5 Å². The Bertz CT molecular complexity index is 392. The number of nitriles is 1. The molecule has 2 atom stereocenters. The molecule has 0 bridgehead atoms. The number of nitrogens with one attached hydrogen (secondary N) is 1. The lowest BCUT2D eigenvalue weighted by Crippen LogP contribution is -2.35. The van der Waals surface area contributed by atoms with E-state index in [-0.39, 0.29) is 0 Å². The summed E-state index contributed by atoms with van der Waals surface area (Å²) >= 11 is 0. The van der Waals surface area contributed by atoms with Crippen molar-refractivity contribution in [2.45, 2.75) is 38.1 Å². The zero-order valence-electron chi connectivity index (χ0n) is 9.74. The van der Waals surface area contributed by atoms with Crippen molar-refractivity contribution in [3.05, 3.63) is 35.4 Å².